The number of rotatable bonds is 3. The van der Waals surface area contributed by atoms with Crippen LogP contribution in [0.15, 0.2) is 24.3 Å². The van der Waals surface area contributed by atoms with Crippen LogP contribution in [0.5, 0.6) is 0 Å². The molecule has 2 aliphatic rings. The number of nitrogens with one attached hydrogen (secondary N) is 1. The van der Waals surface area contributed by atoms with E-state index in [1.165, 1.54) is 0 Å². The van der Waals surface area contributed by atoms with Crippen molar-refractivity contribution in [1.82, 2.24) is 9.80 Å². The van der Waals surface area contributed by atoms with Gasteiger partial charge in [0.25, 0.3) is 0 Å². The van der Waals surface area contributed by atoms with Crippen molar-refractivity contribution in [3.8, 4) is 0 Å². The third-order valence-electron chi connectivity index (χ3n) is 5.10. The Bertz CT molecular complexity index is 719. The number of carbonyl (C=O) groups excluding carboxylic acids is 3. The number of benzene rings is 1. The van der Waals surface area contributed by atoms with Gasteiger partial charge in [-0.05, 0) is 25.0 Å². The van der Waals surface area contributed by atoms with Gasteiger partial charge in [-0.2, -0.15) is 0 Å². The zero-order valence-corrected chi connectivity index (χ0v) is 16.1. The van der Waals surface area contributed by atoms with Crippen LogP contribution in [0.3, 0.4) is 0 Å². The maximum absolute atomic E-state index is 12.8. The van der Waals surface area contributed by atoms with Crippen molar-refractivity contribution in [1.29, 1.82) is 0 Å². The molecule has 0 aliphatic carbocycles. The van der Waals surface area contributed by atoms with Gasteiger partial charge >= 0.3 is 6.03 Å². The Labute approximate surface area is 160 Å². The van der Waals surface area contributed by atoms with Crippen LogP contribution in [-0.2, 0) is 9.59 Å². The van der Waals surface area contributed by atoms with Gasteiger partial charge in [0.2, 0.25) is 11.8 Å². The fraction of sp³-hybridized carbons (Fsp3) is 0.550. The summed E-state index contributed by atoms with van der Waals surface area (Å²) in [4.78, 5) is 42.4. The van der Waals surface area contributed by atoms with Crippen LogP contribution in [0.4, 0.5) is 16.2 Å². The van der Waals surface area contributed by atoms with Gasteiger partial charge < -0.3 is 20.0 Å². The van der Waals surface area contributed by atoms with Gasteiger partial charge in [0.15, 0.2) is 0 Å². The maximum atomic E-state index is 12.8. The van der Waals surface area contributed by atoms with Crippen molar-refractivity contribution in [2.45, 2.75) is 33.1 Å². The molecular formula is C20H28N4O3. The largest absolute Gasteiger partial charge is 0.341 e. The van der Waals surface area contributed by atoms with E-state index < -0.39 is 0 Å². The second kappa shape index (κ2) is 8.41. The van der Waals surface area contributed by atoms with E-state index in [9.17, 15) is 14.4 Å². The third kappa shape index (κ3) is 4.40. The molecule has 0 atom stereocenters. The molecule has 2 heterocycles. The van der Waals surface area contributed by atoms with E-state index in [0.717, 1.165) is 18.5 Å². The highest BCUT2D eigenvalue weighted by Gasteiger charge is 2.26. The number of hydrogen-bond acceptors (Lipinski definition) is 3. The quantitative estimate of drug-likeness (QED) is 0.886. The van der Waals surface area contributed by atoms with Crippen LogP contribution >= 0.6 is 0 Å². The summed E-state index contributed by atoms with van der Waals surface area (Å²) >= 11 is 0. The van der Waals surface area contributed by atoms with E-state index in [1.54, 1.807) is 9.80 Å². The van der Waals surface area contributed by atoms with Gasteiger partial charge in [-0.15, -0.1) is 0 Å². The monoisotopic (exact) mass is 372 g/mol. The van der Waals surface area contributed by atoms with Crippen LogP contribution in [0, 0.1) is 5.92 Å². The Morgan fingerprint density at radius 2 is 1.67 bits per heavy atom. The minimum atomic E-state index is -0.187. The molecule has 1 aromatic rings. The lowest BCUT2D eigenvalue weighted by Crippen LogP contribution is -2.40. The smallest absolute Gasteiger partial charge is 0.321 e. The van der Waals surface area contributed by atoms with Gasteiger partial charge in [0.1, 0.15) is 0 Å². The van der Waals surface area contributed by atoms with E-state index in [0.29, 0.717) is 44.8 Å². The predicted molar refractivity (Wildman–Crippen MR) is 105 cm³/mol. The zero-order chi connectivity index (χ0) is 19.4. The standard InChI is InChI=1S/C20H28N4O3/c1-15(2)19(26)22-10-6-11-23(14-13-22)20(27)21-16-7-3-4-8-17(16)24-12-5-9-18(24)25/h3-4,7-8,15H,5-6,9-14H2,1-2H3,(H,21,27). The minimum absolute atomic E-state index is 0.0322. The molecule has 0 bridgehead atoms. The van der Waals surface area contributed by atoms with Gasteiger partial charge in [0.05, 0.1) is 11.4 Å². The van der Waals surface area contributed by atoms with Crippen molar-refractivity contribution >= 4 is 29.2 Å². The lowest BCUT2D eigenvalue weighted by molar-refractivity contribution is -0.134. The van der Waals surface area contributed by atoms with Gasteiger partial charge in [-0.3, -0.25) is 9.59 Å². The molecule has 27 heavy (non-hydrogen) atoms. The minimum Gasteiger partial charge on any atom is -0.341 e. The first-order chi connectivity index (χ1) is 13.0. The summed E-state index contributed by atoms with van der Waals surface area (Å²) in [6, 6.07) is 7.23. The first-order valence-electron chi connectivity index (χ1n) is 9.71. The van der Waals surface area contributed by atoms with Crippen LogP contribution < -0.4 is 10.2 Å². The molecule has 2 saturated heterocycles. The van der Waals surface area contributed by atoms with Crippen molar-refractivity contribution in [3.63, 3.8) is 0 Å². The molecular weight excluding hydrogens is 344 g/mol. The average Bonchev–Trinajstić information content (AvgIpc) is 2.93. The number of anilines is 2. The molecule has 4 amide bonds. The molecule has 0 unspecified atom stereocenters. The Balaban J connectivity index is 1.66. The lowest BCUT2D eigenvalue weighted by Gasteiger charge is -2.25. The number of carbonyl (C=O) groups is 3. The third-order valence-corrected chi connectivity index (χ3v) is 5.10. The molecule has 1 N–H and O–H groups in total. The van der Waals surface area contributed by atoms with Crippen LogP contribution in [0.25, 0.3) is 0 Å². The predicted octanol–water partition coefficient (Wildman–Crippen LogP) is 2.54. The summed E-state index contributed by atoms with van der Waals surface area (Å²) in [6.45, 7) is 6.83. The van der Waals surface area contributed by atoms with E-state index in [1.807, 2.05) is 43.0 Å². The molecule has 0 saturated carbocycles. The van der Waals surface area contributed by atoms with Crippen molar-refractivity contribution < 1.29 is 14.4 Å². The average molecular weight is 372 g/mol. The first kappa shape index (κ1) is 19.2. The number of para-hydroxylation sites is 2. The SMILES string of the molecule is CC(C)C(=O)N1CCCN(C(=O)Nc2ccccc2N2CCCC2=O)CC1. The molecule has 7 nitrogen and oxygen atoms in total. The van der Waals surface area contributed by atoms with E-state index in [-0.39, 0.29) is 23.8 Å². The van der Waals surface area contributed by atoms with Gasteiger partial charge in [-0.25, -0.2) is 4.79 Å². The number of amides is 4. The molecule has 2 aliphatic heterocycles. The summed E-state index contributed by atoms with van der Waals surface area (Å²) in [7, 11) is 0. The fourth-order valence-corrected chi connectivity index (χ4v) is 3.62. The molecule has 0 spiro atoms. The normalized spacial score (nSPS) is 18.0. The van der Waals surface area contributed by atoms with Crippen LogP contribution in [-0.4, -0.2) is 60.4 Å². The molecule has 1 aromatic carbocycles. The maximum Gasteiger partial charge on any atom is 0.321 e. The molecule has 7 heteroatoms. The molecule has 2 fully saturated rings. The summed E-state index contributed by atoms with van der Waals surface area (Å²) in [6.07, 6.45) is 2.15. The first-order valence-corrected chi connectivity index (χ1v) is 9.71. The van der Waals surface area contributed by atoms with Crippen LogP contribution in [0.1, 0.15) is 33.1 Å². The Morgan fingerprint density at radius 1 is 0.963 bits per heavy atom. The fourth-order valence-electron chi connectivity index (χ4n) is 3.62. The zero-order valence-electron chi connectivity index (χ0n) is 16.1. The van der Waals surface area contributed by atoms with Crippen molar-refractivity contribution in [3.05, 3.63) is 24.3 Å². The second-order valence-electron chi connectivity index (χ2n) is 7.42. The Kier molecular flexibility index (Phi) is 5.98. The molecule has 3 rings (SSSR count). The molecule has 0 aromatic heterocycles. The summed E-state index contributed by atoms with van der Waals surface area (Å²) < 4.78 is 0. The number of urea groups is 1. The topological polar surface area (TPSA) is 73.0 Å². The second-order valence-corrected chi connectivity index (χ2v) is 7.42. The highest BCUT2D eigenvalue weighted by atomic mass is 16.2. The van der Waals surface area contributed by atoms with Gasteiger partial charge in [-0.1, -0.05) is 26.0 Å². The van der Waals surface area contributed by atoms with Gasteiger partial charge in [0, 0.05) is 45.1 Å². The van der Waals surface area contributed by atoms with Crippen LogP contribution in [0.2, 0.25) is 0 Å². The number of hydrogen-bond donors (Lipinski definition) is 1. The van der Waals surface area contributed by atoms with Crippen molar-refractivity contribution in [2.24, 2.45) is 5.92 Å². The van der Waals surface area contributed by atoms with E-state index in [4.69, 9.17) is 0 Å². The Hall–Kier alpha value is -2.57. The summed E-state index contributed by atoms with van der Waals surface area (Å²) in [5, 5.41) is 2.96. The van der Waals surface area contributed by atoms with E-state index >= 15 is 0 Å². The Morgan fingerprint density at radius 3 is 2.37 bits per heavy atom. The van der Waals surface area contributed by atoms with Crippen molar-refractivity contribution in [2.75, 3.05) is 42.9 Å². The molecule has 0 radical (unpaired) electrons. The highest BCUT2D eigenvalue weighted by Crippen LogP contribution is 2.29. The van der Waals surface area contributed by atoms with E-state index in [2.05, 4.69) is 5.32 Å². The summed E-state index contributed by atoms with van der Waals surface area (Å²) in [5.74, 6) is 0.194. The number of nitrogens with zero attached hydrogens (tertiary/aromatic N) is 3. The molecule has 146 valence electrons. The lowest BCUT2D eigenvalue weighted by atomic mass is 10.2. The summed E-state index contributed by atoms with van der Waals surface area (Å²) in [5.41, 5.74) is 1.40. The highest BCUT2D eigenvalue weighted by molar-refractivity contribution is 6.01.